The third kappa shape index (κ3) is 5.55. The number of carboxylic acid groups (broad SMARTS) is 1. The van der Waals surface area contributed by atoms with Gasteiger partial charge in [0.2, 0.25) is 5.91 Å². The molecule has 1 amide bonds. The fourth-order valence-electron chi connectivity index (χ4n) is 3.55. The number of nitrogens with one attached hydrogen (secondary N) is 2. The van der Waals surface area contributed by atoms with Crippen molar-refractivity contribution in [1.82, 2.24) is 10.6 Å². The minimum absolute atomic E-state index is 0.0494. The van der Waals surface area contributed by atoms with Crippen molar-refractivity contribution >= 4 is 11.9 Å². The summed E-state index contributed by atoms with van der Waals surface area (Å²) in [5.74, 6) is -1.22. The van der Waals surface area contributed by atoms with Crippen LogP contribution in [-0.2, 0) is 22.2 Å². The van der Waals surface area contributed by atoms with Crippen LogP contribution < -0.4 is 15.4 Å². The van der Waals surface area contributed by atoms with Gasteiger partial charge in [-0.1, -0.05) is 24.3 Å². The number of aliphatic carboxylic acids is 1. The first kappa shape index (κ1) is 22.6. The smallest absolute Gasteiger partial charge is 0.416 e. The summed E-state index contributed by atoms with van der Waals surface area (Å²) in [5, 5.41) is 15.0. The molecular formula is C22H23F3N2O4. The molecule has 31 heavy (non-hydrogen) atoms. The molecule has 1 saturated heterocycles. The Hall–Kier alpha value is -3.07. The second-order valence-corrected chi connectivity index (χ2v) is 7.36. The number of alkyl halides is 3. The zero-order chi connectivity index (χ0) is 22.6. The highest BCUT2D eigenvalue weighted by Crippen LogP contribution is 2.37. The molecule has 3 rings (SSSR count). The molecule has 1 heterocycles. The molecule has 1 fully saturated rings. The van der Waals surface area contributed by atoms with E-state index in [-0.39, 0.29) is 17.9 Å². The van der Waals surface area contributed by atoms with Crippen LogP contribution in [0, 0.1) is 0 Å². The molecule has 2 atom stereocenters. The fraction of sp³-hybridized carbons (Fsp3) is 0.364. The van der Waals surface area contributed by atoms with E-state index in [4.69, 9.17) is 4.74 Å². The largest absolute Gasteiger partial charge is 0.496 e. The van der Waals surface area contributed by atoms with Gasteiger partial charge in [0, 0.05) is 12.0 Å². The summed E-state index contributed by atoms with van der Waals surface area (Å²) in [6.07, 6.45) is -2.92. The molecule has 0 saturated carbocycles. The van der Waals surface area contributed by atoms with Gasteiger partial charge in [-0.05, 0) is 48.7 Å². The molecule has 6 nitrogen and oxygen atoms in total. The standard InChI is InChI=1S/C22H23F3N2O4/c1-31-19-9-8-15(22(23,24)25)12-16(19)14-6-4-13(5-7-14)11-18(21(29)30)27-20(28)17-3-2-10-26-17/h4-9,12,17-18,26H,2-3,10-11H2,1H3,(H,27,28)(H,29,30)/t17-,18-/m0/s1. The Kier molecular flexibility index (Phi) is 6.84. The Labute approximate surface area is 177 Å². The molecule has 9 heteroatoms. The Bertz CT molecular complexity index is 939. The normalized spacial score (nSPS) is 17.2. The zero-order valence-electron chi connectivity index (χ0n) is 16.8. The first-order chi connectivity index (χ1) is 14.7. The number of carbonyl (C=O) groups excluding carboxylic acids is 1. The summed E-state index contributed by atoms with van der Waals surface area (Å²) in [5.41, 5.74) is 0.611. The van der Waals surface area contributed by atoms with E-state index in [1.165, 1.54) is 13.2 Å². The summed E-state index contributed by atoms with van der Waals surface area (Å²) < 4.78 is 44.4. The van der Waals surface area contributed by atoms with Crippen molar-refractivity contribution in [2.24, 2.45) is 0 Å². The van der Waals surface area contributed by atoms with Crippen LogP contribution in [0.5, 0.6) is 5.75 Å². The number of hydrogen-bond acceptors (Lipinski definition) is 4. The minimum Gasteiger partial charge on any atom is -0.496 e. The lowest BCUT2D eigenvalue weighted by Gasteiger charge is -2.18. The average Bonchev–Trinajstić information content (AvgIpc) is 3.27. The number of carboxylic acids is 1. The first-order valence-electron chi connectivity index (χ1n) is 9.80. The van der Waals surface area contributed by atoms with Gasteiger partial charge >= 0.3 is 12.1 Å². The van der Waals surface area contributed by atoms with Gasteiger partial charge in [0.05, 0.1) is 18.7 Å². The minimum atomic E-state index is -4.48. The molecule has 2 aromatic carbocycles. The number of carbonyl (C=O) groups is 2. The molecule has 1 aliphatic heterocycles. The van der Waals surface area contributed by atoms with Gasteiger partial charge in [-0.2, -0.15) is 13.2 Å². The van der Waals surface area contributed by atoms with Crippen LogP contribution in [-0.4, -0.2) is 42.7 Å². The summed E-state index contributed by atoms with van der Waals surface area (Å²) in [4.78, 5) is 23.8. The third-order valence-corrected chi connectivity index (χ3v) is 5.22. The first-order valence-corrected chi connectivity index (χ1v) is 9.80. The maximum absolute atomic E-state index is 13.1. The molecule has 1 aliphatic rings. The molecule has 0 unspecified atom stereocenters. The SMILES string of the molecule is COc1ccc(C(F)(F)F)cc1-c1ccc(C[C@H](NC(=O)[C@@H]2CCCN2)C(=O)O)cc1. The molecule has 3 N–H and O–H groups in total. The summed E-state index contributed by atoms with van der Waals surface area (Å²) >= 11 is 0. The van der Waals surface area contributed by atoms with E-state index in [1.54, 1.807) is 24.3 Å². The molecule has 0 radical (unpaired) electrons. The topological polar surface area (TPSA) is 87.7 Å². The Morgan fingerprint density at radius 1 is 1.23 bits per heavy atom. The highest BCUT2D eigenvalue weighted by atomic mass is 19.4. The number of hydrogen-bond donors (Lipinski definition) is 3. The number of methoxy groups -OCH3 is 1. The predicted octanol–water partition coefficient (Wildman–Crippen LogP) is 3.24. The van der Waals surface area contributed by atoms with Crippen molar-refractivity contribution < 1.29 is 32.6 Å². The maximum atomic E-state index is 13.1. The van der Waals surface area contributed by atoms with E-state index in [0.29, 0.717) is 23.3 Å². The quantitative estimate of drug-likeness (QED) is 0.620. The van der Waals surface area contributed by atoms with Crippen molar-refractivity contribution in [1.29, 1.82) is 0 Å². The van der Waals surface area contributed by atoms with Crippen molar-refractivity contribution in [2.75, 3.05) is 13.7 Å². The van der Waals surface area contributed by atoms with E-state index in [1.807, 2.05) is 0 Å². The molecule has 0 aromatic heterocycles. The fourth-order valence-corrected chi connectivity index (χ4v) is 3.55. The lowest BCUT2D eigenvalue weighted by molar-refractivity contribution is -0.142. The Morgan fingerprint density at radius 2 is 1.94 bits per heavy atom. The van der Waals surface area contributed by atoms with Gasteiger partial charge in [-0.25, -0.2) is 4.79 Å². The van der Waals surface area contributed by atoms with Crippen LogP contribution in [0.4, 0.5) is 13.2 Å². The number of amides is 1. The van der Waals surface area contributed by atoms with Gasteiger partial charge in [0.15, 0.2) is 0 Å². The second-order valence-electron chi connectivity index (χ2n) is 7.36. The van der Waals surface area contributed by atoms with Crippen molar-refractivity contribution in [2.45, 2.75) is 37.5 Å². The van der Waals surface area contributed by atoms with E-state index in [2.05, 4.69) is 10.6 Å². The number of benzene rings is 2. The number of halogens is 3. The zero-order valence-corrected chi connectivity index (χ0v) is 16.8. The van der Waals surface area contributed by atoms with Crippen molar-refractivity contribution in [3.05, 3.63) is 53.6 Å². The number of rotatable bonds is 7. The van der Waals surface area contributed by atoms with Crippen LogP contribution in [0.15, 0.2) is 42.5 Å². The highest BCUT2D eigenvalue weighted by molar-refractivity contribution is 5.87. The van der Waals surface area contributed by atoms with Gasteiger partial charge < -0.3 is 20.5 Å². The predicted molar refractivity (Wildman–Crippen MR) is 108 cm³/mol. The number of ether oxygens (including phenoxy) is 1. The monoisotopic (exact) mass is 436 g/mol. The van der Waals surface area contributed by atoms with Gasteiger partial charge in [-0.15, -0.1) is 0 Å². The molecular weight excluding hydrogens is 413 g/mol. The van der Waals surface area contributed by atoms with Gasteiger partial charge in [0.1, 0.15) is 11.8 Å². The molecule has 2 aromatic rings. The third-order valence-electron chi connectivity index (χ3n) is 5.22. The lowest BCUT2D eigenvalue weighted by Crippen LogP contribution is -2.49. The van der Waals surface area contributed by atoms with Crippen LogP contribution >= 0.6 is 0 Å². The van der Waals surface area contributed by atoms with Gasteiger partial charge in [-0.3, -0.25) is 4.79 Å². The lowest BCUT2D eigenvalue weighted by atomic mass is 9.98. The Morgan fingerprint density at radius 3 is 2.48 bits per heavy atom. The molecule has 0 bridgehead atoms. The molecule has 0 spiro atoms. The second kappa shape index (κ2) is 9.38. The Balaban J connectivity index is 1.77. The van der Waals surface area contributed by atoms with Crippen molar-refractivity contribution in [3.63, 3.8) is 0 Å². The van der Waals surface area contributed by atoms with E-state index >= 15 is 0 Å². The van der Waals surface area contributed by atoms with E-state index in [0.717, 1.165) is 25.1 Å². The summed E-state index contributed by atoms with van der Waals surface area (Å²) in [7, 11) is 1.37. The van der Waals surface area contributed by atoms with E-state index < -0.39 is 29.8 Å². The molecule has 166 valence electrons. The van der Waals surface area contributed by atoms with E-state index in [9.17, 15) is 27.9 Å². The van der Waals surface area contributed by atoms with Crippen LogP contribution in [0.1, 0.15) is 24.0 Å². The van der Waals surface area contributed by atoms with Crippen LogP contribution in [0.2, 0.25) is 0 Å². The van der Waals surface area contributed by atoms with Crippen LogP contribution in [0.3, 0.4) is 0 Å². The summed E-state index contributed by atoms with van der Waals surface area (Å²) in [6, 6.07) is 8.20. The maximum Gasteiger partial charge on any atom is 0.416 e. The van der Waals surface area contributed by atoms with Crippen molar-refractivity contribution in [3.8, 4) is 16.9 Å². The summed E-state index contributed by atoms with van der Waals surface area (Å²) in [6.45, 7) is 0.719. The average molecular weight is 436 g/mol. The highest BCUT2D eigenvalue weighted by Gasteiger charge is 2.31. The van der Waals surface area contributed by atoms with Crippen LogP contribution in [0.25, 0.3) is 11.1 Å². The molecule has 0 aliphatic carbocycles. The van der Waals surface area contributed by atoms with Gasteiger partial charge in [0.25, 0.3) is 0 Å².